The van der Waals surface area contributed by atoms with Gasteiger partial charge in [0.05, 0.1) is 12.2 Å². The number of halogens is 1. The van der Waals surface area contributed by atoms with Gasteiger partial charge in [0.1, 0.15) is 18.1 Å². The van der Waals surface area contributed by atoms with E-state index in [0.29, 0.717) is 0 Å². The van der Waals surface area contributed by atoms with Crippen molar-refractivity contribution in [2.24, 2.45) is 0 Å². The summed E-state index contributed by atoms with van der Waals surface area (Å²) in [7, 11) is 0. The summed E-state index contributed by atoms with van der Waals surface area (Å²) in [6.45, 7) is 5.07. The number of amides is 1. The highest BCUT2D eigenvalue weighted by Crippen LogP contribution is 2.17. The minimum absolute atomic E-state index is 0.194. The lowest BCUT2D eigenvalue weighted by Crippen LogP contribution is -2.41. The molecule has 0 atom stereocenters. The molecule has 1 aromatic carbocycles. The molecule has 0 radical (unpaired) electrons. The molecular formula is C14H18FNO4. The molecule has 0 aromatic heterocycles. The molecule has 110 valence electrons. The molecule has 0 spiro atoms. The first kappa shape index (κ1) is 15.9. The SMILES string of the molecule is CCOC(=O)CN(C(=O)c1ccc(O)cc1F)C(C)C. The van der Waals surface area contributed by atoms with Gasteiger partial charge < -0.3 is 14.7 Å². The Bertz CT molecular complexity index is 502. The third-order valence-electron chi connectivity index (χ3n) is 2.67. The molecule has 1 aromatic rings. The van der Waals surface area contributed by atoms with Crippen molar-refractivity contribution in [3.8, 4) is 5.75 Å². The second kappa shape index (κ2) is 6.88. The standard InChI is InChI=1S/C14H18FNO4/c1-4-20-13(18)8-16(9(2)3)14(19)11-6-5-10(17)7-12(11)15/h5-7,9,17H,4,8H2,1-3H3. The maximum Gasteiger partial charge on any atom is 0.325 e. The van der Waals surface area contributed by atoms with Crippen molar-refractivity contribution in [1.29, 1.82) is 0 Å². The lowest BCUT2D eigenvalue weighted by molar-refractivity contribution is -0.144. The summed E-state index contributed by atoms with van der Waals surface area (Å²) in [5, 5.41) is 9.14. The Kier molecular flexibility index (Phi) is 5.49. The van der Waals surface area contributed by atoms with E-state index in [1.54, 1.807) is 20.8 Å². The Morgan fingerprint density at radius 3 is 2.55 bits per heavy atom. The first-order chi connectivity index (χ1) is 9.36. The quantitative estimate of drug-likeness (QED) is 0.839. The number of hydrogen-bond acceptors (Lipinski definition) is 4. The highest BCUT2D eigenvalue weighted by molar-refractivity contribution is 5.96. The minimum Gasteiger partial charge on any atom is -0.508 e. The van der Waals surface area contributed by atoms with E-state index < -0.39 is 17.7 Å². The second-order valence-corrected chi connectivity index (χ2v) is 4.50. The Hall–Kier alpha value is -2.11. The molecule has 0 bridgehead atoms. The number of aromatic hydroxyl groups is 1. The largest absolute Gasteiger partial charge is 0.508 e. The van der Waals surface area contributed by atoms with Crippen LogP contribution in [0.15, 0.2) is 18.2 Å². The van der Waals surface area contributed by atoms with E-state index in [4.69, 9.17) is 9.84 Å². The summed E-state index contributed by atoms with van der Waals surface area (Å²) in [5.74, 6) is -2.26. The van der Waals surface area contributed by atoms with Gasteiger partial charge in [0.25, 0.3) is 5.91 Å². The van der Waals surface area contributed by atoms with Crippen LogP contribution in [0.3, 0.4) is 0 Å². The van der Waals surface area contributed by atoms with Crippen LogP contribution in [0, 0.1) is 5.82 Å². The van der Waals surface area contributed by atoms with Crippen LogP contribution in [0.2, 0.25) is 0 Å². The molecule has 0 aliphatic rings. The van der Waals surface area contributed by atoms with Crippen LogP contribution >= 0.6 is 0 Å². The predicted molar refractivity (Wildman–Crippen MR) is 70.9 cm³/mol. The number of hydrogen-bond donors (Lipinski definition) is 1. The molecule has 0 heterocycles. The number of carbonyl (C=O) groups excluding carboxylic acids is 2. The van der Waals surface area contributed by atoms with Gasteiger partial charge in [0, 0.05) is 12.1 Å². The average Bonchev–Trinajstić information content (AvgIpc) is 2.35. The van der Waals surface area contributed by atoms with Gasteiger partial charge in [0.2, 0.25) is 0 Å². The van der Waals surface area contributed by atoms with Crippen molar-refractivity contribution in [3.63, 3.8) is 0 Å². The van der Waals surface area contributed by atoms with Crippen LogP contribution in [0.5, 0.6) is 5.75 Å². The van der Waals surface area contributed by atoms with E-state index >= 15 is 0 Å². The van der Waals surface area contributed by atoms with Crippen molar-refractivity contribution in [2.75, 3.05) is 13.2 Å². The molecule has 1 N–H and O–H groups in total. The number of benzene rings is 1. The summed E-state index contributed by atoms with van der Waals surface area (Å²) in [6.07, 6.45) is 0. The normalized spacial score (nSPS) is 10.4. The first-order valence-corrected chi connectivity index (χ1v) is 6.32. The molecule has 0 fully saturated rings. The van der Waals surface area contributed by atoms with Crippen LogP contribution in [-0.2, 0) is 9.53 Å². The van der Waals surface area contributed by atoms with E-state index in [2.05, 4.69) is 0 Å². The Morgan fingerprint density at radius 2 is 2.05 bits per heavy atom. The van der Waals surface area contributed by atoms with Crippen molar-refractivity contribution in [2.45, 2.75) is 26.8 Å². The van der Waals surface area contributed by atoms with Crippen molar-refractivity contribution >= 4 is 11.9 Å². The van der Waals surface area contributed by atoms with Gasteiger partial charge in [-0.15, -0.1) is 0 Å². The van der Waals surface area contributed by atoms with Crippen molar-refractivity contribution < 1.29 is 23.8 Å². The Balaban J connectivity index is 2.96. The Labute approximate surface area is 117 Å². The first-order valence-electron chi connectivity index (χ1n) is 6.32. The maximum atomic E-state index is 13.7. The predicted octanol–water partition coefficient (Wildman–Crippen LogP) is 1.94. The lowest BCUT2D eigenvalue weighted by Gasteiger charge is -2.25. The number of nitrogens with zero attached hydrogens (tertiary/aromatic N) is 1. The van der Waals surface area contributed by atoms with Gasteiger partial charge in [-0.1, -0.05) is 0 Å². The average molecular weight is 283 g/mol. The summed E-state index contributed by atoms with van der Waals surface area (Å²) < 4.78 is 18.5. The van der Waals surface area contributed by atoms with Gasteiger partial charge >= 0.3 is 5.97 Å². The fourth-order valence-corrected chi connectivity index (χ4v) is 1.67. The topological polar surface area (TPSA) is 66.8 Å². The highest BCUT2D eigenvalue weighted by atomic mass is 19.1. The molecule has 0 saturated carbocycles. The van der Waals surface area contributed by atoms with Crippen molar-refractivity contribution in [3.05, 3.63) is 29.6 Å². The van der Waals surface area contributed by atoms with Crippen LogP contribution in [-0.4, -0.2) is 41.1 Å². The fourth-order valence-electron chi connectivity index (χ4n) is 1.67. The third-order valence-corrected chi connectivity index (χ3v) is 2.67. The van der Waals surface area contributed by atoms with Gasteiger partial charge in [-0.25, -0.2) is 4.39 Å². The van der Waals surface area contributed by atoms with E-state index in [1.165, 1.54) is 17.0 Å². The number of phenolic OH excluding ortho intramolecular Hbond substituents is 1. The van der Waals surface area contributed by atoms with E-state index in [-0.39, 0.29) is 30.5 Å². The zero-order chi connectivity index (χ0) is 15.3. The number of phenols is 1. The molecule has 0 unspecified atom stereocenters. The summed E-state index contributed by atoms with van der Waals surface area (Å²) in [5.41, 5.74) is -0.194. The zero-order valence-corrected chi connectivity index (χ0v) is 11.7. The minimum atomic E-state index is -0.829. The van der Waals surface area contributed by atoms with E-state index in [0.717, 1.165) is 6.07 Å². The lowest BCUT2D eigenvalue weighted by atomic mass is 10.1. The molecule has 1 rings (SSSR count). The van der Waals surface area contributed by atoms with Crippen LogP contribution in [0.25, 0.3) is 0 Å². The molecule has 20 heavy (non-hydrogen) atoms. The molecular weight excluding hydrogens is 265 g/mol. The van der Waals surface area contributed by atoms with E-state index in [9.17, 15) is 14.0 Å². The summed E-state index contributed by atoms with van der Waals surface area (Å²) in [6, 6.07) is 2.98. The number of rotatable bonds is 5. The smallest absolute Gasteiger partial charge is 0.325 e. The van der Waals surface area contributed by atoms with Gasteiger partial charge in [0.15, 0.2) is 0 Å². The van der Waals surface area contributed by atoms with Gasteiger partial charge in [-0.2, -0.15) is 0 Å². The van der Waals surface area contributed by atoms with E-state index in [1.807, 2.05) is 0 Å². The number of carbonyl (C=O) groups is 2. The summed E-state index contributed by atoms with van der Waals surface area (Å²) >= 11 is 0. The molecule has 0 aliphatic carbocycles. The Morgan fingerprint density at radius 1 is 1.40 bits per heavy atom. The zero-order valence-electron chi connectivity index (χ0n) is 11.7. The van der Waals surface area contributed by atoms with Crippen LogP contribution < -0.4 is 0 Å². The van der Waals surface area contributed by atoms with Crippen molar-refractivity contribution in [1.82, 2.24) is 4.90 Å². The second-order valence-electron chi connectivity index (χ2n) is 4.50. The van der Waals surface area contributed by atoms with Crippen LogP contribution in [0.4, 0.5) is 4.39 Å². The molecule has 0 aliphatic heterocycles. The molecule has 0 saturated heterocycles. The highest BCUT2D eigenvalue weighted by Gasteiger charge is 2.24. The molecule has 6 heteroatoms. The summed E-state index contributed by atoms with van der Waals surface area (Å²) in [4.78, 5) is 25.0. The van der Waals surface area contributed by atoms with Crippen LogP contribution in [0.1, 0.15) is 31.1 Å². The number of esters is 1. The molecule has 1 amide bonds. The van der Waals surface area contributed by atoms with Gasteiger partial charge in [-0.3, -0.25) is 9.59 Å². The number of ether oxygens (including phenoxy) is 1. The maximum absolute atomic E-state index is 13.7. The fraction of sp³-hybridized carbons (Fsp3) is 0.429. The van der Waals surface area contributed by atoms with Gasteiger partial charge in [-0.05, 0) is 32.9 Å². The third kappa shape index (κ3) is 3.94. The monoisotopic (exact) mass is 283 g/mol. The molecule has 5 nitrogen and oxygen atoms in total.